The van der Waals surface area contributed by atoms with Gasteiger partial charge < -0.3 is 19.8 Å². The maximum absolute atomic E-state index is 10.4. The first kappa shape index (κ1) is 20.5. The Bertz CT molecular complexity index is 747. The summed E-state index contributed by atoms with van der Waals surface area (Å²) in [5, 5.41) is 20.4. The summed E-state index contributed by atoms with van der Waals surface area (Å²) in [5.74, 6) is 1.11. The molecule has 0 aromatic heterocycles. The van der Waals surface area contributed by atoms with Gasteiger partial charge in [0.2, 0.25) is 0 Å². The van der Waals surface area contributed by atoms with Gasteiger partial charge in [0.1, 0.15) is 24.2 Å². The van der Waals surface area contributed by atoms with Gasteiger partial charge in [-0.15, -0.1) is 0 Å². The van der Waals surface area contributed by atoms with Crippen LogP contribution in [-0.2, 0) is 5.41 Å². The molecular weight excluding hydrogens is 352 g/mol. The van der Waals surface area contributed by atoms with E-state index in [1.165, 1.54) is 5.56 Å². The second-order valence-corrected chi connectivity index (χ2v) is 8.52. The van der Waals surface area contributed by atoms with Gasteiger partial charge in [-0.3, -0.25) is 4.90 Å². The highest BCUT2D eigenvalue weighted by Gasteiger charge is 2.21. The van der Waals surface area contributed by atoms with Crippen LogP contribution in [0.3, 0.4) is 0 Å². The number of aliphatic hydroxyl groups excluding tert-OH is 1. The number of benzene rings is 2. The highest BCUT2D eigenvalue weighted by Crippen LogP contribution is 2.27. The van der Waals surface area contributed by atoms with Gasteiger partial charge >= 0.3 is 0 Å². The minimum Gasteiger partial charge on any atom is -0.506 e. The number of aromatic hydroxyl groups is 1. The first-order chi connectivity index (χ1) is 13.3. The van der Waals surface area contributed by atoms with Gasteiger partial charge in [0.05, 0.1) is 5.69 Å². The number of hydrogen-bond acceptors (Lipinski definition) is 5. The number of phenols is 1. The Morgan fingerprint density at radius 2 is 1.61 bits per heavy atom. The van der Waals surface area contributed by atoms with Gasteiger partial charge in [-0.2, -0.15) is 0 Å². The number of β-amino-alcohol motifs (C(OH)–C–C–N with tert-alkyl or cyclic N) is 1. The minimum absolute atomic E-state index is 0.122. The molecule has 152 valence electrons. The molecule has 0 aliphatic carbocycles. The van der Waals surface area contributed by atoms with Gasteiger partial charge in [-0.25, -0.2) is 0 Å². The van der Waals surface area contributed by atoms with Crippen molar-refractivity contribution in [2.75, 3.05) is 44.2 Å². The van der Waals surface area contributed by atoms with E-state index in [1.54, 1.807) is 6.07 Å². The number of rotatable bonds is 6. The SMILES string of the molecule is CC(C)(C)c1ccc(OC[C@@H](O)CN2CCN(c3ccccc3O)CC2)cc1. The van der Waals surface area contributed by atoms with E-state index in [1.807, 2.05) is 30.3 Å². The van der Waals surface area contributed by atoms with Crippen LogP contribution < -0.4 is 9.64 Å². The van der Waals surface area contributed by atoms with E-state index in [9.17, 15) is 10.2 Å². The second-order valence-electron chi connectivity index (χ2n) is 8.52. The topological polar surface area (TPSA) is 56.2 Å². The van der Waals surface area contributed by atoms with Gasteiger partial charge in [0, 0.05) is 32.7 Å². The maximum Gasteiger partial charge on any atom is 0.138 e. The summed E-state index contributed by atoms with van der Waals surface area (Å²) < 4.78 is 5.76. The Morgan fingerprint density at radius 3 is 2.21 bits per heavy atom. The molecule has 2 aromatic carbocycles. The fourth-order valence-corrected chi connectivity index (χ4v) is 3.50. The first-order valence-corrected chi connectivity index (χ1v) is 9.99. The summed E-state index contributed by atoms with van der Waals surface area (Å²) in [6.45, 7) is 10.8. The van der Waals surface area contributed by atoms with Crippen molar-refractivity contribution in [3.63, 3.8) is 0 Å². The number of piperazine rings is 1. The summed E-state index contributed by atoms with van der Waals surface area (Å²) in [6, 6.07) is 15.5. The van der Waals surface area contributed by atoms with Crippen molar-refractivity contribution in [2.45, 2.75) is 32.3 Å². The van der Waals surface area contributed by atoms with Gasteiger partial charge in [-0.05, 0) is 35.2 Å². The molecule has 3 rings (SSSR count). The van der Waals surface area contributed by atoms with Crippen LogP contribution in [0, 0.1) is 0 Å². The molecule has 0 saturated carbocycles. The van der Waals surface area contributed by atoms with Crippen LogP contribution in [0.2, 0.25) is 0 Å². The standard InChI is InChI=1S/C23H32N2O3/c1-23(2,3)18-8-10-20(11-9-18)28-17-19(26)16-24-12-14-25(15-13-24)21-6-4-5-7-22(21)27/h4-11,19,26-27H,12-17H2,1-3H3/t19-/m0/s1. The predicted octanol–water partition coefficient (Wildman–Crippen LogP) is 3.25. The number of anilines is 1. The molecule has 1 aliphatic heterocycles. The van der Waals surface area contributed by atoms with E-state index < -0.39 is 6.10 Å². The highest BCUT2D eigenvalue weighted by atomic mass is 16.5. The number of nitrogens with zero attached hydrogens (tertiary/aromatic N) is 2. The molecule has 0 radical (unpaired) electrons. The Kier molecular flexibility index (Phi) is 6.47. The molecule has 2 aromatic rings. The molecule has 0 unspecified atom stereocenters. The van der Waals surface area contributed by atoms with E-state index >= 15 is 0 Å². The van der Waals surface area contributed by atoms with E-state index in [2.05, 4.69) is 42.7 Å². The van der Waals surface area contributed by atoms with Crippen molar-refractivity contribution in [1.82, 2.24) is 4.90 Å². The van der Waals surface area contributed by atoms with Gasteiger partial charge in [-0.1, -0.05) is 45.0 Å². The molecule has 28 heavy (non-hydrogen) atoms. The second kappa shape index (κ2) is 8.84. The number of phenolic OH excluding ortho intramolecular Hbond substituents is 1. The third-order valence-corrected chi connectivity index (χ3v) is 5.23. The van der Waals surface area contributed by atoms with Crippen LogP contribution in [0.15, 0.2) is 48.5 Å². The number of aliphatic hydroxyl groups is 1. The monoisotopic (exact) mass is 384 g/mol. The third-order valence-electron chi connectivity index (χ3n) is 5.23. The first-order valence-electron chi connectivity index (χ1n) is 9.99. The van der Waals surface area contributed by atoms with Crippen molar-refractivity contribution in [2.24, 2.45) is 0 Å². The molecule has 0 bridgehead atoms. The Hall–Kier alpha value is -2.24. The van der Waals surface area contributed by atoms with Crippen molar-refractivity contribution in [3.05, 3.63) is 54.1 Å². The lowest BCUT2D eigenvalue weighted by Gasteiger charge is -2.37. The third kappa shape index (κ3) is 5.40. The van der Waals surface area contributed by atoms with E-state index in [4.69, 9.17) is 4.74 Å². The van der Waals surface area contributed by atoms with Crippen LogP contribution in [0.4, 0.5) is 5.69 Å². The van der Waals surface area contributed by atoms with Gasteiger partial charge in [0.25, 0.3) is 0 Å². The summed E-state index contributed by atoms with van der Waals surface area (Å²) >= 11 is 0. The summed E-state index contributed by atoms with van der Waals surface area (Å²) in [6.07, 6.45) is -0.529. The maximum atomic E-state index is 10.4. The summed E-state index contributed by atoms with van der Waals surface area (Å²) in [5.41, 5.74) is 2.27. The number of hydrogen-bond donors (Lipinski definition) is 2. The van der Waals surface area contributed by atoms with Crippen molar-refractivity contribution in [1.29, 1.82) is 0 Å². The molecule has 5 heteroatoms. The molecule has 1 heterocycles. The predicted molar refractivity (Wildman–Crippen MR) is 113 cm³/mol. The van der Waals surface area contributed by atoms with Crippen LogP contribution in [0.1, 0.15) is 26.3 Å². The number of para-hydroxylation sites is 2. The lowest BCUT2D eigenvalue weighted by Crippen LogP contribution is -2.49. The summed E-state index contributed by atoms with van der Waals surface area (Å²) in [4.78, 5) is 4.43. The number of ether oxygens (including phenoxy) is 1. The largest absolute Gasteiger partial charge is 0.506 e. The molecule has 1 saturated heterocycles. The normalized spacial score (nSPS) is 16.8. The Morgan fingerprint density at radius 1 is 0.964 bits per heavy atom. The molecular formula is C23H32N2O3. The van der Waals surface area contributed by atoms with E-state index in [0.29, 0.717) is 12.3 Å². The summed E-state index contributed by atoms with van der Waals surface area (Å²) in [7, 11) is 0. The Balaban J connectivity index is 1.42. The van der Waals surface area contributed by atoms with E-state index in [-0.39, 0.29) is 12.0 Å². The average molecular weight is 385 g/mol. The highest BCUT2D eigenvalue weighted by molar-refractivity contribution is 5.57. The minimum atomic E-state index is -0.529. The molecule has 1 aliphatic rings. The smallest absolute Gasteiger partial charge is 0.138 e. The van der Waals surface area contributed by atoms with Gasteiger partial charge in [0.15, 0.2) is 0 Å². The van der Waals surface area contributed by atoms with Crippen LogP contribution in [-0.4, -0.2) is 60.5 Å². The fraction of sp³-hybridized carbons (Fsp3) is 0.478. The molecule has 1 atom stereocenters. The lowest BCUT2D eigenvalue weighted by molar-refractivity contribution is 0.0662. The zero-order chi connectivity index (χ0) is 20.1. The van der Waals surface area contributed by atoms with Crippen LogP contribution in [0.5, 0.6) is 11.5 Å². The zero-order valence-electron chi connectivity index (χ0n) is 17.1. The Labute approximate surface area is 168 Å². The van der Waals surface area contributed by atoms with Crippen molar-refractivity contribution >= 4 is 5.69 Å². The fourth-order valence-electron chi connectivity index (χ4n) is 3.50. The quantitative estimate of drug-likeness (QED) is 0.801. The zero-order valence-corrected chi connectivity index (χ0v) is 17.1. The van der Waals surface area contributed by atoms with Crippen molar-refractivity contribution in [3.8, 4) is 11.5 Å². The molecule has 5 nitrogen and oxygen atoms in total. The van der Waals surface area contributed by atoms with Crippen LogP contribution in [0.25, 0.3) is 0 Å². The molecule has 2 N–H and O–H groups in total. The van der Waals surface area contributed by atoms with E-state index in [0.717, 1.165) is 37.6 Å². The van der Waals surface area contributed by atoms with Crippen LogP contribution >= 0.6 is 0 Å². The molecule has 0 spiro atoms. The lowest BCUT2D eigenvalue weighted by atomic mass is 9.87. The van der Waals surface area contributed by atoms with Crippen molar-refractivity contribution < 1.29 is 14.9 Å². The average Bonchev–Trinajstić information content (AvgIpc) is 2.67. The molecule has 1 fully saturated rings. The molecule has 0 amide bonds.